The highest BCUT2D eigenvalue weighted by Crippen LogP contribution is 2.19. The van der Waals surface area contributed by atoms with Gasteiger partial charge in [-0.05, 0) is 31.6 Å². The molecular weight excluding hydrogens is 168 g/mol. The van der Waals surface area contributed by atoms with Gasteiger partial charge in [-0.15, -0.1) is 0 Å². The molecule has 0 saturated carbocycles. The maximum Gasteiger partial charge on any atom is 0.211 e. The Hall–Kier alpha value is 0.394. The maximum atomic E-state index is 5.77. The van der Waals surface area contributed by atoms with E-state index in [0.29, 0.717) is 9.76 Å². The van der Waals surface area contributed by atoms with Crippen LogP contribution in [0, 0.1) is 5.92 Å². The summed E-state index contributed by atoms with van der Waals surface area (Å²) in [4.78, 5) is 0. The topological polar surface area (TPSA) is 9.23 Å². The zero-order valence-corrected chi connectivity index (χ0v) is 10.4. The quantitative estimate of drug-likeness (QED) is 0.603. The van der Waals surface area contributed by atoms with Crippen LogP contribution in [0.5, 0.6) is 0 Å². The van der Waals surface area contributed by atoms with Gasteiger partial charge in [-0.25, -0.2) is 0 Å². The van der Waals surface area contributed by atoms with Crippen LogP contribution in [-0.2, 0) is 4.12 Å². The summed E-state index contributed by atoms with van der Waals surface area (Å²) in [5.41, 5.74) is 0. The molecule has 2 radical (unpaired) electrons. The molecule has 0 aliphatic heterocycles. The van der Waals surface area contributed by atoms with Crippen LogP contribution in [-0.4, -0.2) is 18.1 Å². The lowest BCUT2D eigenvalue weighted by atomic mass is 10.2. The minimum absolute atomic E-state index is 0.672. The highest BCUT2D eigenvalue weighted by molar-refractivity contribution is 6.75. The molecular formula is C8H20OSi2. The Balaban J connectivity index is 3.70. The predicted octanol–water partition coefficient (Wildman–Crippen LogP) is 2.92. The molecule has 0 spiro atoms. The van der Waals surface area contributed by atoms with E-state index in [1.807, 2.05) is 0 Å². The second-order valence-corrected chi connectivity index (χ2v) is 8.94. The molecule has 1 unspecified atom stereocenters. The van der Waals surface area contributed by atoms with E-state index in [0.717, 1.165) is 5.92 Å². The molecule has 0 aliphatic rings. The summed E-state index contributed by atoms with van der Waals surface area (Å²) >= 11 is 0. The van der Waals surface area contributed by atoms with Gasteiger partial charge in [0.2, 0.25) is 9.76 Å². The summed E-state index contributed by atoms with van der Waals surface area (Å²) in [5.74, 6) is 0.841. The van der Waals surface area contributed by atoms with Gasteiger partial charge in [-0.1, -0.05) is 20.3 Å². The molecule has 0 N–H and O–H groups in total. The Morgan fingerprint density at radius 1 is 1.45 bits per heavy atom. The molecule has 0 amide bonds. The van der Waals surface area contributed by atoms with Crippen LogP contribution in [0.25, 0.3) is 0 Å². The van der Waals surface area contributed by atoms with Crippen molar-refractivity contribution in [3.05, 3.63) is 0 Å². The lowest BCUT2D eigenvalue weighted by Gasteiger charge is -2.25. The van der Waals surface area contributed by atoms with Crippen LogP contribution in [0.3, 0.4) is 0 Å². The minimum atomic E-state index is -1.28. The van der Waals surface area contributed by atoms with Crippen LogP contribution < -0.4 is 0 Å². The minimum Gasteiger partial charge on any atom is -0.456 e. The Morgan fingerprint density at radius 3 is 2.36 bits per heavy atom. The first-order valence-corrected chi connectivity index (χ1v) is 8.89. The van der Waals surface area contributed by atoms with Crippen LogP contribution in [0.15, 0.2) is 0 Å². The van der Waals surface area contributed by atoms with Crippen molar-refractivity contribution >= 4 is 18.1 Å². The molecule has 0 heterocycles. The van der Waals surface area contributed by atoms with Crippen LogP contribution in [0.2, 0.25) is 25.7 Å². The van der Waals surface area contributed by atoms with Crippen molar-refractivity contribution in [3.63, 3.8) is 0 Å². The molecule has 0 aromatic carbocycles. The van der Waals surface area contributed by atoms with Crippen molar-refractivity contribution in [3.8, 4) is 0 Å². The first-order valence-electron chi connectivity index (χ1n) is 4.36. The van der Waals surface area contributed by atoms with Gasteiger partial charge in [0, 0.05) is 0 Å². The van der Waals surface area contributed by atoms with Crippen molar-refractivity contribution in [2.45, 2.75) is 46.0 Å². The van der Waals surface area contributed by atoms with Gasteiger partial charge in [0.1, 0.15) is 0 Å². The molecule has 0 aromatic rings. The smallest absolute Gasteiger partial charge is 0.211 e. The fourth-order valence-corrected chi connectivity index (χ4v) is 5.81. The van der Waals surface area contributed by atoms with Gasteiger partial charge in [0.05, 0.1) is 0 Å². The number of hydrogen-bond acceptors (Lipinski definition) is 1. The fourth-order valence-electron chi connectivity index (χ4n) is 1.30. The van der Waals surface area contributed by atoms with E-state index in [1.54, 1.807) is 0 Å². The third-order valence-electron chi connectivity index (χ3n) is 1.92. The number of rotatable bonds is 5. The van der Waals surface area contributed by atoms with Crippen molar-refractivity contribution in [2.75, 3.05) is 0 Å². The van der Waals surface area contributed by atoms with Crippen molar-refractivity contribution in [2.24, 2.45) is 5.92 Å². The second-order valence-electron chi connectivity index (χ2n) is 3.78. The van der Waals surface area contributed by atoms with E-state index in [1.165, 1.54) is 12.5 Å². The molecule has 11 heavy (non-hydrogen) atoms. The molecule has 0 bridgehead atoms. The van der Waals surface area contributed by atoms with Gasteiger partial charge in [-0.3, -0.25) is 0 Å². The Kier molecular flexibility index (Phi) is 5.30. The second kappa shape index (κ2) is 5.11. The molecule has 0 fully saturated rings. The lowest BCUT2D eigenvalue weighted by molar-refractivity contribution is 0.536. The zero-order valence-electron chi connectivity index (χ0n) is 8.40. The molecule has 0 rings (SSSR count). The number of hydrogen-bond donors (Lipinski definition) is 0. The average Bonchev–Trinajstić information content (AvgIpc) is 1.86. The molecule has 0 aliphatic carbocycles. The first-order chi connectivity index (χ1) is 5.02. The molecule has 1 nitrogen and oxygen atoms in total. The molecule has 1 atom stereocenters. The van der Waals surface area contributed by atoms with E-state index in [2.05, 4.69) is 33.5 Å². The monoisotopic (exact) mass is 188 g/mol. The third-order valence-corrected chi connectivity index (χ3v) is 6.62. The summed E-state index contributed by atoms with van der Waals surface area (Å²) in [6, 6.07) is 1.31. The SMILES string of the molecule is CCC(C)C[Si](C)(C)O[Si]C. The van der Waals surface area contributed by atoms with E-state index in [4.69, 9.17) is 4.12 Å². The standard InChI is InChI=1S/C8H20OSi2/c1-6-8(2)7-11(4,5)9-10-3/h8H,6-7H2,1-5H3. The van der Waals surface area contributed by atoms with Crippen LogP contribution in [0.4, 0.5) is 0 Å². The van der Waals surface area contributed by atoms with Gasteiger partial charge >= 0.3 is 0 Å². The predicted molar refractivity (Wildman–Crippen MR) is 54.4 cm³/mol. The lowest BCUT2D eigenvalue weighted by Crippen LogP contribution is -2.33. The Bertz CT molecular complexity index is 104. The zero-order chi connectivity index (χ0) is 8.91. The third kappa shape index (κ3) is 5.64. The Labute approximate surface area is 74.6 Å². The van der Waals surface area contributed by atoms with Gasteiger partial charge in [-0.2, -0.15) is 0 Å². The Morgan fingerprint density at radius 2 is 2.00 bits per heavy atom. The van der Waals surface area contributed by atoms with Crippen molar-refractivity contribution in [1.29, 1.82) is 0 Å². The average molecular weight is 188 g/mol. The van der Waals surface area contributed by atoms with Crippen molar-refractivity contribution in [1.82, 2.24) is 0 Å². The van der Waals surface area contributed by atoms with Crippen molar-refractivity contribution < 1.29 is 4.12 Å². The van der Waals surface area contributed by atoms with Crippen LogP contribution in [0.1, 0.15) is 20.3 Å². The van der Waals surface area contributed by atoms with E-state index >= 15 is 0 Å². The van der Waals surface area contributed by atoms with E-state index in [-0.39, 0.29) is 0 Å². The highest BCUT2D eigenvalue weighted by atomic mass is 28.4. The largest absolute Gasteiger partial charge is 0.456 e. The molecule has 3 heteroatoms. The van der Waals surface area contributed by atoms with Gasteiger partial charge in [0.25, 0.3) is 0 Å². The summed E-state index contributed by atoms with van der Waals surface area (Å²) in [6.45, 7) is 11.3. The normalized spacial score (nSPS) is 15.0. The fraction of sp³-hybridized carbons (Fsp3) is 1.00. The maximum absolute atomic E-state index is 5.77. The van der Waals surface area contributed by atoms with Gasteiger partial charge in [0.15, 0.2) is 8.32 Å². The van der Waals surface area contributed by atoms with E-state index in [9.17, 15) is 0 Å². The molecule has 66 valence electrons. The summed E-state index contributed by atoms with van der Waals surface area (Å²) < 4.78 is 5.77. The summed E-state index contributed by atoms with van der Waals surface area (Å²) in [7, 11) is -0.603. The molecule has 0 saturated heterocycles. The van der Waals surface area contributed by atoms with Gasteiger partial charge < -0.3 is 4.12 Å². The molecule has 0 aromatic heterocycles. The summed E-state index contributed by atoms with van der Waals surface area (Å²) in [5, 5.41) is 0. The first kappa shape index (κ1) is 11.4. The highest BCUT2D eigenvalue weighted by Gasteiger charge is 2.23. The van der Waals surface area contributed by atoms with E-state index < -0.39 is 8.32 Å². The summed E-state index contributed by atoms with van der Waals surface area (Å²) in [6.07, 6.45) is 1.28. The van der Waals surface area contributed by atoms with Crippen LogP contribution >= 0.6 is 0 Å².